The first-order valence-electron chi connectivity index (χ1n) is 11.6. The van der Waals surface area contributed by atoms with E-state index in [2.05, 4.69) is 11.4 Å². The Kier molecular flexibility index (Phi) is 6.04. The number of hydrogen-bond acceptors (Lipinski definition) is 5. The Morgan fingerprint density at radius 3 is 2.65 bits per heavy atom. The Morgan fingerprint density at radius 2 is 1.88 bits per heavy atom. The van der Waals surface area contributed by atoms with Gasteiger partial charge in [0.15, 0.2) is 0 Å². The molecule has 1 aliphatic rings. The van der Waals surface area contributed by atoms with Gasteiger partial charge in [-0.1, -0.05) is 18.2 Å². The lowest BCUT2D eigenvalue weighted by Crippen LogP contribution is -2.13. The van der Waals surface area contributed by atoms with Gasteiger partial charge in [0.2, 0.25) is 0 Å². The van der Waals surface area contributed by atoms with Gasteiger partial charge in [-0.3, -0.25) is 4.79 Å². The quantitative estimate of drug-likeness (QED) is 0.352. The molecule has 0 saturated heterocycles. The third kappa shape index (κ3) is 4.27. The van der Waals surface area contributed by atoms with E-state index in [0.29, 0.717) is 21.8 Å². The number of aromatic nitrogens is 1. The van der Waals surface area contributed by atoms with Crippen molar-refractivity contribution in [1.29, 1.82) is 5.26 Å². The molecule has 1 amide bonds. The summed E-state index contributed by atoms with van der Waals surface area (Å²) in [4.78, 5) is 19.5. The molecule has 4 aromatic rings. The lowest BCUT2D eigenvalue weighted by atomic mass is 9.96. The number of benzene rings is 2. The summed E-state index contributed by atoms with van der Waals surface area (Å²) in [7, 11) is 0. The topological polar surface area (TPSA) is 75.0 Å². The highest BCUT2D eigenvalue weighted by Crippen LogP contribution is 2.38. The summed E-state index contributed by atoms with van der Waals surface area (Å²) in [5.74, 6) is 0.568. The summed E-state index contributed by atoms with van der Waals surface area (Å²) in [6, 6.07) is 19.5. The van der Waals surface area contributed by atoms with E-state index in [1.807, 2.05) is 68.4 Å². The molecular formula is C28H25N3O2S. The highest BCUT2D eigenvalue weighted by molar-refractivity contribution is 7.16. The fourth-order valence-corrected chi connectivity index (χ4v) is 5.67. The fraction of sp³-hybridized carbons (Fsp3) is 0.250. The fourth-order valence-electron chi connectivity index (χ4n) is 4.43. The number of pyridine rings is 1. The minimum atomic E-state index is -0.227. The number of carbonyl (C=O) groups excluding carboxylic acids is 1. The number of ether oxygens (including phenoxy) is 1. The Morgan fingerprint density at radius 1 is 1.12 bits per heavy atom. The molecule has 6 heteroatoms. The number of nitrogens with zero attached hydrogens (tertiary/aromatic N) is 2. The van der Waals surface area contributed by atoms with Crippen LogP contribution in [-0.4, -0.2) is 17.0 Å². The summed E-state index contributed by atoms with van der Waals surface area (Å²) in [5, 5.41) is 14.3. The zero-order chi connectivity index (χ0) is 23.7. The minimum Gasteiger partial charge on any atom is -0.491 e. The molecule has 0 aliphatic heterocycles. The van der Waals surface area contributed by atoms with E-state index in [1.54, 1.807) is 0 Å². The standard InChI is InChI=1S/C28H25N3O2S/c1-17(2)33-19-13-11-18(12-14-19)25-15-22(20-7-3-5-9-24(20)30-25)27(32)31-28-23(16-29)21-8-4-6-10-26(21)34-28/h3,5,7,9,11-15,17H,4,6,8,10H2,1-2H3,(H,31,32). The van der Waals surface area contributed by atoms with Gasteiger partial charge in [-0.25, -0.2) is 4.98 Å². The van der Waals surface area contributed by atoms with Crippen molar-refractivity contribution in [3.05, 3.63) is 76.2 Å². The number of hydrogen-bond donors (Lipinski definition) is 1. The predicted molar refractivity (Wildman–Crippen MR) is 137 cm³/mol. The van der Waals surface area contributed by atoms with Crippen molar-refractivity contribution < 1.29 is 9.53 Å². The number of thiophene rings is 1. The molecule has 5 nitrogen and oxygen atoms in total. The van der Waals surface area contributed by atoms with E-state index >= 15 is 0 Å². The molecule has 2 heterocycles. The maximum absolute atomic E-state index is 13.5. The second kappa shape index (κ2) is 9.28. The zero-order valence-electron chi connectivity index (χ0n) is 19.2. The monoisotopic (exact) mass is 467 g/mol. The van der Waals surface area contributed by atoms with Crippen LogP contribution < -0.4 is 10.1 Å². The van der Waals surface area contributed by atoms with E-state index in [9.17, 15) is 10.1 Å². The highest BCUT2D eigenvalue weighted by Gasteiger charge is 2.23. The molecule has 1 aliphatic carbocycles. The number of aryl methyl sites for hydroxylation is 1. The molecule has 0 atom stereocenters. The van der Waals surface area contributed by atoms with E-state index < -0.39 is 0 Å². The summed E-state index contributed by atoms with van der Waals surface area (Å²) in [5.41, 5.74) is 4.63. The molecule has 34 heavy (non-hydrogen) atoms. The third-order valence-electron chi connectivity index (χ3n) is 5.99. The maximum Gasteiger partial charge on any atom is 0.257 e. The molecule has 0 radical (unpaired) electrons. The lowest BCUT2D eigenvalue weighted by Gasteiger charge is -2.12. The highest BCUT2D eigenvalue weighted by atomic mass is 32.1. The van der Waals surface area contributed by atoms with Gasteiger partial charge < -0.3 is 10.1 Å². The molecule has 2 aromatic heterocycles. The second-order valence-corrected chi connectivity index (χ2v) is 9.85. The van der Waals surface area contributed by atoms with Crippen molar-refractivity contribution in [3.8, 4) is 23.1 Å². The number of rotatable bonds is 5. The number of nitriles is 1. The molecule has 0 bridgehead atoms. The van der Waals surface area contributed by atoms with E-state index in [-0.39, 0.29) is 12.0 Å². The van der Waals surface area contributed by atoms with Gasteiger partial charge >= 0.3 is 0 Å². The number of anilines is 1. The summed E-state index contributed by atoms with van der Waals surface area (Å²) in [6.07, 6.45) is 4.20. The lowest BCUT2D eigenvalue weighted by molar-refractivity contribution is 0.102. The first-order chi connectivity index (χ1) is 16.5. The normalized spacial score (nSPS) is 12.9. The van der Waals surface area contributed by atoms with Crippen LogP contribution in [0.2, 0.25) is 0 Å². The average molecular weight is 468 g/mol. The van der Waals surface area contributed by atoms with Gasteiger partial charge in [-0.15, -0.1) is 11.3 Å². The SMILES string of the molecule is CC(C)Oc1ccc(-c2cc(C(=O)Nc3sc4c(c3C#N)CCCC4)c3ccccc3n2)cc1. The number of carbonyl (C=O) groups is 1. The van der Waals surface area contributed by atoms with Gasteiger partial charge in [0.05, 0.1) is 28.4 Å². The van der Waals surface area contributed by atoms with Crippen LogP contribution in [0.25, 0.3) is 22.2 Å². The maximum atomic E-state index is 13.5. The first-order valence-corrected chi connectivity index (χ1v) is 12.4. The molecule has 170 valence electrons. The molecule has 5 rings (SSSR count). The van der Waals surface area contributed by atoms with Gasteiger partial charge in [-0.2, -0.15) is 5.26 Å². The Bertz CT molecular complexity index is 1410. The van der Waals surface area contributed by atoms with Crippen LogP contribution in [0.4, 0.5) is 5.00 Å². The van der Waals surface area contributed by atoms with Crippen molar-refractivity contribution in [2.24, 2.45) is 0 Å². The number of nitrogens with one attached hydrogen (secondary N) is 1. The summed E-state index contributed by atoms with van der Waals surface area (Å²) in [6.45, 7) is 3.98. The van der Waals surface area contributed by atoms with Crippen LogP contribution in [0.1, 0.15) is 53.1 Å². The molecule has 0 saturated carbocycles. The van der Waals surface area contributed by atoms with Crippen LogP contribution in [0.5, 0.6) is 5.75 Å². The van der Waals surface area contributed by atoms with Gasteiger partial charge in [0.25, 0.3) is 5.91 Å². The van der Waals surface area contributed by atoms with Crippen LogP contribution in [-0.2, 0) is 12.8 Å². The molecule has 2 aromatic carbocycles. The minimum absolute atomic E-state index is 0.0983. The van der Waals surface area contributed by atoms with Crippen LogP contribution in [0.15, 0.2) is 54.6 Å². The molecule has 1 N–H and O–H groups in total. The van der Waals surface area contributed by atoms with Crippen molar-refractivity contribution in [2.75, 3.05) is 5.32 Å². The largest absolute Gasteiger partial charge is 0.491 e. The average Bonchev–Trinajstić information content (AvgIpc) is 3.20. The molecule has 0 fully saturated rings. The Hall–Kier alpha value is -3.69. The smallest absolute Gasteiger partial charge is 0.257 e. The van der Waals surface area contributed by atoms with Crippen LogP contribution in [0.3, 0.4) is 0 Å². The summed E-state index contributed by atoms with van der Waals surface area (Å²) >= 11 is 1.54. The molecule has 0 unspecified atom stereocenters. The van der Waals surface area contributed by atoms with E-state index in [4.69, 9.17) is 9.72 Å². The van der Waals surface area contributed by atoms with Crippen molar-refractivity contribution in [2.45, 2.75) is 45.6 Å². The third-order valence-corrected chi connectivity index (χ3v) is 7.20. The van der Waals surface area contributed by atoms with E-state index in [1.165, 1.54) is 16.2 Å². The predicted octanol–water partition coefficient (Wildman–Crippen LogP) is 6.75. The Labute approximate surface area is 203 Å². The van der Waals surface area contributed by atoms with E-state index in [0.717, 1.165) is 53.5 Å². The zero-order valence-corrected chi connectivity index (χ0v) is 20.0. The molecular weight excluding hydrogens is 442 g/mol. The summed E-state index contributed by atoms with van der Waals surface area (Å²) < 4.78 is 5.75. The number of fused-ring (bicyclic) bond motifs is 2. The van der Waals surface area contributed by atoms with Crippen molar-refractivity contribution >= 4 is 33.1 Å². The van der Waals surface area contributed by atoms with Crippen molar-refractivity contribution in [1.82, 2.24) is 4.98 Å². The number of para-hydroxylation sites is 1. The van der Waals surface area contributed by atoms with Gasteiger partial charge in [0, 0.05) is 15.8 Å². The van der Waals surface area contributed by atoms with Crippen LogP contribution in [0, 0.1) is 11.3 Å². The van der Waals surface area contributed by atoms with Crippen LogP contribution >= 0.6 is 11.3 Å². The second-order valence-electron chi connectivity index (χ2n) is 8.74. The Balaban J connectivity index is 1.53. The van der Waals surface area contributed by atoms with Gasteiger partial charge in [0.1, 0.15) is 16.8 Å². The molecule has 0 spiro atoms. The van der Waals surface area contributed by atoms with Crippen molar-refractivity contribution in [3.63, 3.8) is 0 Å². The first kappa shape index (κ1) is 22.1. The van der Waals surface area contributed by atoms with Gasteiger partial charge in [-0.05, 0) is 81.5 Å². The number of amides is 1.